The number of nitrogens with one attached hydrogen (secondary N) is 1. The molecule has 0 amide bonds. The number of hydrogen-bond acceptors (Lipinski definition) is 2. The van der Waals surface area contributed by atoms with Crippen molar-refractivity contribution in [1.29, 1.82) is 0 Å². The van der Waals surface area contributed by atoms with E-state index in [1.807, 2.05) is 6.07 Å². The van der Waals surface area contributed by atoms with Crippen LogP contribution in [0.5, 0.6) is 0 Å². The summed E-state index contributed by atoms with van der Waals surface area (Å²) in [6, 6.07) is 4.70. The van der Waals surface area contributed by atoms with Gasteiger partial charge in [0.05, 0.1) is 4.34 Å². The van der Waals surface area contributed by atoms with Crippen molar-refractivity contribution < 1.29 is 0 Å². The van der Waals surface area contributed by atoms with Crippen LogP contribution >= 0.6 is 22.9 Å². The van der Waals surface area contributed by atoms with Gasteiger partial charge in [-0.15, -0.1) is 11.3 Å². The van der Waals surface area contributed by atoms with E-state index in [1.54, 1.807) is 11.3 Å². The number of thiophene rings is 1. The first-order valence-corrected chi connectivity index (χ1v) is 7.14. The van der Waals surface area contributed by atoms with Crippen LogP contribution in [0.4, 0.5) is 0 Å². The lowest BCUT2D eigenvalue weighted by atomic mass is 9.84. The molecule has 92 valence electrons. The van der Waals surface area contributed by atoms with Crippen LogP contribution in [-0.4, -0.2) is 12.6 Å². The van der Waals surface area contributed by atoms with E-state index < -0.39 is 0 Å². The van der Waals surface area contributed by atoms with Gasteiger partial charge in [0.15, 0.2) is 0 Å². The van der Waals surface area contributed by atoms with E-state index in [2.05, 4.69) is 39.1 Å². The van der Waals surface area contributed by atoms with Crippen LogP contribution in [0.15, 0.2) is 12.1 Å². The Labute approximate surface area is 108 Å². The minimum absolute atomic E-state index is 0.206. The van der Waals surface area contributed by atoms with E-state index >= 15 is 0 Å². The zero-order valence-corrected chi connectivity index (χ0v) is 12.2. The van der Waals surface area contributed by atoms with E-state index in [4.69, 9.17) is 11.6 Å². The standard InChI is InChI=1S/C13H22ClNS/c1-5-8-15-10(2)9-13(3,4)11-6-7-12(14)16-11/h6-7,10,15H,5,8-9H2,1-4H3. The second-order valence-electron chi connectivity index (χ2n) is 5.05. The Bertz CT molecular complexity index is 319. The van der Waals surface area contributed by atoms with Gasteiger partial charge in [-0.1, -0.05) is 32.4 Å². The first-order chi connectivity index (χ1) is 7.45. The van der Waals surface area contributed by atoms with Crippen LogP contribution in [0.25, 0.3) is 0 Å². The maximum Gasteiger partial charge on any atom is 0.0931 e. The van der Waals surface area contributed by atoms with Gasteiger partial charge in [0.25, 0.3) is 0 Å². The molecule has 0 bridgehead atoms. The molecule has 0 aliphatic heterocycles. The monoisotopic (exact) mass is 259 g/mol. The molecule has 1 aromatic rings. The zero-order valence-electron chi connectivity index (χ0n) is 10.6. The van der Waals surface area contributed by atoms with Gasteiger partial charge in [-0.25, -0.2) is 0 Å². The van der Waals surface area contributed by atoms with Crippen LogP contribution in [0.1, 0.15) is 45.4 Å². The molecule has 1 nitrogen and oxygen atoms in total. The summed E-state index contributed by atoms with van der Waals surface area (Å²) in [5, 5.41) is 3.54. The predicted molar refractivity (Wildman–Crippen MR) is 74.7 cm³/mol. The highest BCUT2D eigenvalue weighted by molar-refractivity contribution is 7.16. The SMILES string of the molecule is CCCNC(C)CC(C)(C)c1ccc(Cl)s1. The topological polar surface area (TPSA) is 12.0 Å². The third-order valence-corrected chi connectivity index (χ3v) is 4.40. The smallest absolute Gasteiger partial charge is 0.0931 e. The molecule has 0 saturated heterocycles. The Morgan fingerprint density at radius 3 is 2.62 bits per heavy atom. The Hall–Kier alpha value is -0.0500. The van der Waals surface area contributed by atoms with Gasteiger partial charge in [0, 0.05) is 16.3 Å². The fourth-order valence-corrected chi connectivity index (χ4v) is 3.16. The molecule has 0 spiro atoms. The maximum atomic E-state index is 5.99. The molecule has 3 heteroatoms. The lowest BCUT2D eigenvalue weighted by Crippen LogP contribution is -2.33. The van der Waals surface area contributed by atoms with E-state index in [0.717, 1.165) is 17.3 Å². The zero-order chi connectivity index (χ0) is 12.2. The third-order valence-electron chi connectivity index (χ3n) is 2.80. The minimum Gasteiger partial charge on any atom is -0.314 e. The van der Waals surface area contributed by atoms with Gasteiger partial charge in [-0.2, -0.15) is 0 Å². The molecule has 0 saturated carbocycles. The lowest BCUT2D eigenvalue weighted by Gasteiger charge is -2.27. The van der Waals surface area contributed by atoms with Crippen LogP contribution in [0.3, 0.4) is 0 Å². The molecule has 1 atom stereocenters. The lowest BCUT2D eigenvalue weighted by molar-refractivity contribution is 0.395. The predicted octanol–water partition coefficient (Wildman–Crippen LogP) is 4.46. The summed E-state index contributed by atoms with van der Waals surface area (Å²) in [4.78, 5) is 1.38. The highest BCUT2D eigenvalue weighted by atomic mass is 35.5. The largest absolute Gasteiger partial charge is 0.314 e. The van der Waals surface area contributed by atoms with E-state index in [1.165, 1.54) is 11.3 Å². The Kier molecular flexibility index (Phi) is 5.29. The molecular weight excluding hydrogens is 238 g/mol. The van der Waals surface area contributed by atoms with Crippen LogP contribution in [0.2, 0.25) is 4.34 Å². The molecule has 1 N–H and O–H groups in total. The average molecular weight is 260 g/mol. The van der Waals surface area contributed by atoms with Crippen molar-refractivity contribution in [2.45, 2.75) is 52.0 Å². The van der Waals surface area contributed by atoms with Crippen molar-refractivity contribution in [2.24, 2.45) is 0 Å². The average Bonchev–Trinajstić information content (AvgIpc) is 2.62. The van der Waals surface area contributed by atoms with Crippen LogP contribution < -0.4 is 5.32 Å². The van der Waals surface area contributed by atoms with Gasteiger partial charge in [0.1, 0.15) is 0 Å². The van der Waals surface area contributed by atoms with Crippen molar-refractivity contribution in [3.8, 4) is 0 Å². The summed E-state index contributed by atoms with van der Waals surface area (Å²) in [5.41, 5.74) is 0.206. The fourth-order valence-electron chi connectivity index (χ4n) is 2.01. The van der Waals surface area contributed by atoms with Gasteiger partial charge in [-0.3, -0.25) is 0 Å². The Morgan fingerprint density at radius 1 is 1.44 bits per heavy atom. The molecule has 0 radical (unpaired) electrons. The molecule has 1 aromatic heterocycles. The van der Waals surface area contributed by atoms with E-state index in [-0.39, 0.29) is 5.41 Å². The Balaban J connectivity index is 2.57. The Morgan fingerprint density at radius 2 is 2.12 bits per heavy atom. The van der Waals surface area contributed by atoms with Crippen LogP contribution in [-0.2, 0) is 5.41 Å². The second kappa shape index (κ2) is 6.04. The number of hydrogen-bond donors (Lipinski definition) is 1. The molecule has 16 heavy (non-hydrogen) atoms. The van der Waals surface area contributed by atoms with Crippen molar-refractivity contribution in [3.63, 3.8) is 0 Å². The molecule has 0 aliphatic rings. The summed E-state index contributed by atoms with van der Waals surface area (Å²) in [6.45, 7) is 10.1. The van der Waals surface area contributed by atoms with E-state index in [9.17, 15) is 0 Å². The highest BCUT2D eigenvalue weighted by Gasteiger charge is 2.24. The minimum atomic E-state index is 0.206. The maximum absolute atomic E-state index is 5.99. The molecule has 0 aliphatic carbocycles. The van der Waals surface area contributed by atoms with Gasteiger partial charge in [-0.05, 0) is 38.4 Å². The number of rotatable bonds is 6. The van der Waals surface area contributed by atoms with Crippen LogP contribution in [0, 0.1) is 0 Å². The van der Waals surface area contributed by atoms with E-state index in [0.29, 0.717) is 6.04 Å². The molecule has 0 fully saturated rings. The fraction of sp³-hybridized carbons (Fsp3) is 0.692. The van der Waals surface area contributed by atoms with Gasteiger partial charge in [0.2, 0.25) is 0 Å². The molecule has 1 heterocycles. The summed E-state index contributed by atoms with van der Waals surface area (Å²) < 4.78 is 0.886. The molecule has 0 aromatic carbocycles. The molecule has 1 unspecified atom stereocenters. The summed E-state index contributed by atoms with van der Waals surface area (Å²) in [6.07, 6.45) is 2.33. The first-order valence-electron chi connectivity index (χ1n) is 5.95. The van der Waals surface area contributed by atoms with Gasteiger partial charge < -0.3 is 5.32 Å². The van der Waals surface area contributed by atoms with Crippen molar-refractivity contribution in [3.05, 3.63) is 21.3 Å². The second-order valence-corrected chi connectivity index (χ2v) is 6.76. The third kappa shape index (κ3) is 4.08. The molecule has 1 rings (SSSR count). The first kappa shape index (κ1) is 14.0. The van der Waals surface area contributed by atoms with Gasteiger partial charge >= 0.3 is 0 Å². The highest BCUT2D eigenvalue weighted by Crippen LogP contribution is 2.35. The van der Waals surface area contributed by atoms with Crippen molar-refractivity contribution in [2.75, 3.05) is 6.54 Å². The van der Waals surface area contributed by atoms with Crippen molar-refractivity contribution >= 4 is 22.9 Å². The summed E-state index contributed by atoms with van der Waals surface area (Å²) >= 11 is 7.69. The molecular formula is C13H22ClNS. The normalized spacial score (nSPS) is 14.1. The summed E-state index contributed by atoms with van der Waals surface area (Å²) in [5.74, 6) is 0. The van der Waals surface area contributed by atoms with Crippen molar-refractivity contribution in [1.82, 2.24) is 5.32 Å². The number of halogens is 1. The quantitative estimate of drug-likeness (QED) is 0.796. The summed E-state index contributed by atoms with van der Waals surface area (Å²) in [7, 11) is 0.